The van der Waals surface area contributed by atoms with Crippen LogP contribution in [0.3, 0.4) is 0 Å². The van der Waals surface area contributed by atoms with Gasteiger partial charge in [0.25, 0.3) is 5.91 Å². The number of aromatic nitrogens is 1. The van der Waals surface area contributed by atoms with Crippen molar-refractivity contribution in [3.05, 3.63) is 88.8 Å². The van der Waals surface area contributed by atoms with E-state index in [0.29, 0.717) is 35.1 Å². The van der Waals surface area contributed by atoms with Gasteiger partial charge in [0.2, 0.25) is 0 Å². The van der Waals surface area contributed by atoms with Crippen LogP contribution in [0.5, 0.6) is 5.75 Å². The second-order valence-corrected chi connectivity index (χ2v) is 7.36. The molecule has 0 aliphatic heterocycles. The van der Waals surface area contributed by atoms with Gasteiger partial charge in [-0.2, -0.15) is 0 Å². The van der Waals surface area contributed by atoms with Gasteiger partial charge in [-0.15, -0.1) is 0 Å². The largest absolute Gasteiger partial charge is 0.494 e. The van der Waals surface area contributed by atoms with Crippen molar-refractivity contribution >= 4 is 34.3 Å². The van der Waals surface area contributed by atoms with Crippen molar-refractivity contribution in [2.75, 3.05) is 11.9 Å². The van der Waals surface area contributed by atoms with Crippen molar-refractivity contribution in [1.29, 1.82) is 0 Å². The van der Waals surface area contributed by atoms with E-state index < -0.39 is 0 Å². The fourth-order valence-corrected chi connectivity index (χ4v) is 3.20. The van der Waals surface area contributed by atoms with E-state index in [1.54, 1.807) is 36.4 Å². The molecule has 1 amide bonds. The molecule has 6 heteroatoms. The molecule has 0 saturated heterocycles. The van der Waals surface area contributed by atoms with Crippen LogP contribution in [0.25, 0.3) is 11.1 Å². The van der Waals surface area contributed by atoms with E-state index in [9.17, 15) is 4.79 Å². The summed E-state index contributed by atoms with van der Waals surface area (Å²) >= 11 is 6.00. The predicted octanol–water partition coefficient (Wildman–Crippen LogP) is 6.11. The third-order valence-electron chi connectivity index (χ3n) is 4.55. The molecule has 0 bridgehead atoms. The van der Waals surface area contributed by atoms with Gasteiger partial charge in [-0.3, -0.25) is 4.79 Å². The Morgan fingerprint density at radius 1 is 1.07 bits per heavy atom. The molecule has 1 heterocycles. The zero-order valence-corrected chi connectivity index (χ0v) is 17.3. The Kier molecular flexibility index (Phi) is 6.00. The number of carbonyl (C=O) groups excluding carboxylic acids is 1. The molecule has 4 rings (SSSR count). The lowest BCUT2D eigenvalue weighted by molar-refractivity contribution is 0.102. The molecule has 0 aliphatic rings. The number of anilines is 1. The highest BCUT2D eigenvalue weighted by molar-refractivity contribution is 6.31. The minimum Gasteiger partial charge on any atom is -0.494 e. The molecular weight excluding hydrogens is 400 g/mol. The minimum atomic E-state index is -0.166. The molecule has 0 atom stereocenters. The SMILES string of the molecule is CCCOc1ccc(C(=O)Nc2ccc(Cc3nc4cc(Cl)ccc4o3)cc2)cc1. The number of rotatable bonds is 7. The van der Waals surface area contributed by atoms with Crippen LogP contribution in [0.1, 0.15) is 35.2 Å². The van der Waals surface area contributed by atoms with Gasteiger partial charge in [0.1, 0.15) is 11.3 Å². The average molecular weight is 421 g/mol. The number of halogens is 1. The van der Waals surface area contributed by atoms with Gasteiger partial charge < -0.3 is 14.5 Å². The molecule has 4 aromatic rings. The van der Waals surface area contributed by atoms with Gasteiger partial charge in [-0.25, -0.2) is 4.98 Å². The summed E-state index contributed by atoms with van der Waals surface area (Å²) in [4.78, 5) is 16.9. The number of nitrogens with zero attached hydrogens (tertiary/aromatic N) is 1. The Morgan fingerprint density at radius 2 is 1.83 bits per heavy atom. The molecule has 5 nitrogen and oxygen atoms in total. The van der Waals surface area contributed by atoms with E-state index >= 15 is 0 Å². The van der Waals surface area contributed by atoms with Gasteiger partial charge in [0.05, 0.1) is 6.61 Å². The van der Waals surface area contributed by atoms with E-state index in [4.69, 9.17) is 20.8 Å². The predicted molar refractivity (Wildman–Crippen MR) is 118 cm³/mol. The average Bonchev–Trinajstić information content (AvgIpc) is 3.15. The Bertz CT molecular complexity index is 1150. The van der Waals surface area contributed by atoms with Crippen molar-refractivity contribution in [3.8, 4) is 5.75 Å². The molecule has 0 radical (unpaired) electrons. The summed E-state index contributed by atoms with van der Waals surface area (Å²) in [6, 6.07) is 20.1. The molecule has 0 aliphatic carbocycles. The smallest absolute Gasteiger partial charge is 0.255 e. The monoisotopic (exact) mass is 420 g/mol. The molecule has 0 unspecified atom stereocenters. The second kappa shape index (κ2) is 9.01. The molecule has 1 N–H and O–H groups in total. The van der Waals surface area contributed by atoms with E-state index in [2.05, 4.69) is 17.2 Å². The van der Waals surface area contributed by atoms with Crippen LogP contribution in [0.2, 0.25) is 5.02 Å². The van der Waals surface area contributed by atoms with Crippen LogP contribution in [0.15, 0.2) is 71.1 Å². The van der Waals surface area contributed by atoms with Crippen LogP contribution >= 0.6 is 11.6 Å². The number of hydrogen-bond donors (Lipinski definition) is 1. The highest BCUT2D eigenvalue weighted by Crippen LogP contribution is 2.22. The van der Waals surface area contributed by atoms with Gasteiger partial charge >= 0.3 is 0 Å². The maximum Gasteiger partial charge on any atom is 0.255 e. The topological polar surface area (TPSA) is 64.4 Å². The highest BCUT2D eigenvalue weighted by Gasteiger charge is 2.09. The van der Waals surface area contributed by atoms with E-state index in [1.165, 1.54) is 0 Å². The number of ether oxygens (including phenoxy) is 1. The number of nitrogens with one attached hydrogen (secondary N) is 1. The van der Waals surface area contributed by atoms with Crippen LogP contribution < -0.4 is 10.1 Å². The van der Waals surface area contributed by atoms with Crippen molar-refractivity contribution < 1.29 is 13.9 Å². The number of carbonyl (C=O) groups is 1. The molecule has 152 valence electrons. The summed E-state index contributed by atoms with van der Waals surface area (Å²) in [7, 11) is 0. The zero-order valence-electron chi connectivity index (χ0n) is 16.5. The first-order valence-corrected chi connectivity index (χ1v) is 10.2. The third kappa shape index (κ3) is 4.81. The fraction of sp³-hybridized carbons (Fsp3) is 0.167. The summed E-state index contributed by atoms with van der Waals surface area (Å²) in [5, 5.41) is 3.54. The molecule has 3 aromatic carbocycles. The van der Waals surface area contributed by atoms with Crippen molar-refractivity contribution in [3.63, 3.8) is 0 Å². The summed E-state index contributed by atoms with van der Waals surface area (Å²) in [6.07, 6.45) is 1.50. The summed E-state index contributed by atoms with van der Waals surface area (Å²) in [6.45, 7) is 2.71. The molecule has 0 fully saturated rings. The number of benzene rings is 3. The first-order valence-electron chi connectivity index (χ1n) is 9.79. The Labute approximate surface area is 179 Å². The number of fused-ring (bicyclic) bond motifs is 1. The highest BCUT2D eigenvalue weighted by atomic mass is 35.5. The second-order valence-electron chi connectivity index (χ2n) is 6.92. The van der Waals surface area contributed by atoms with Crippen molar-refractivity contribution in [1.82, 2.24) is 4.98 Å². The summed E-state index contributed by atoms with van der Waals surface area (Å²) < 4.78 is 11.3. The third-order valence-corrected chi connectivity index (χ3v) is 4.79. The first kappa shape index (κ1) is 20.0. The number of oxazole rings is 1. The molecule has 30 heavy (non-hydrogen) atoms. The van der Waals surface area contributed by atoms with E-state index in [1.807, 2.05) is 30.3 Å². The van der Waals surface area contributed by atoms with Crippen molar-refractivity contribution in [2.45, 2.75) is 19.8 Å². The van der Waals surface area contributed by atoms with Crippen LogP contribution in [0, 0.1) is 0 Å². The van der Waals surface area contributed by atoms with Crippen molar-refractivity contribution in [2.24, 2.45) is 0 Å². The van der Waals surface area contributed by atoms with Gasteiger partial charge in [-0.05, 0) is 66.6 Å². The van der Waals surface area contributed by atoms with Crippen LogP contribution in [-0.4, -0.2) is 17.5 Å². The fourth-order valence-electron chi connectivity index (χ4n) is 3.03. The van der Waals surface area contributed by atoms with Gasteiger partial charge in [-0.1, -0.05) is 30.7 Å². The lowest BCUT2D eigenvalue weighted by Crippen LogP contribution is -2.11. The Hall–Kier alpha value is -3.31. The van der Waals surface area contributed by atoms with E-state index in [0.717, 1.165) is 28.9 Å². The lowest BCUT2D eigenvalue weighted by atomic mass is 10.1. The summed E-state index contributed by atoms with van der Waals surface area (Å²) in [5.74, 6) is 1.22. The maximum atomic E-state index is 12.5. The molecular formula is C24H21ClN2O3. The van der Waals surface area contributed by atoms with Gasteiger partial charge in [0.15, 0.2) is 11.5 Å². The lowest BCUT2D eigenvalue weighted by Gasteiger charge is -2.08. The quantitative estimate of drug-likeness (QED) is 0.391. The number of hydrogen-bond acceptors (Lipinski definition) is 4. The van der Waals surface area contributed by atoms with Gasteiger partial charge in [0, 0.05) is 22.7 Å². The first-order chi connectivity index (χ1) is 14.6. The molecule has 0 saturated carbocycles. The maximum absolute atomic E-state index is 12.5. The molecule has 0 spiro atoms. The van der Waals surface area contributed by atoms with Crippen LogP contribution in [-0.2, 0) is 6.42 Å². The Morgan fingerprint density at radius 3 is 2.57 bits per heavy atom. The zero-order chi connectivity index (χ0) is 20.9. The summed E-state index contributed by atoms with van der Waals surface area (Å²) in [5.41, 5.74) is 3.78. The normalized spacial score (nSPS) is 10.9. The number of amides is 1. The standard InChI is InChI=1S/C24H21ClN2O3/c1-2-13-29-20-10-5-17(6-11-20)24(28)26-19-8-3-16(4-9-19)14-23-27-21-15-18(25)7-12-22(21)30-23/h3-12,15H,2,13-14H2,1H3,(H,26,28). The molecule has 1 aromatic heterocycles. The minimum absolute atomic E-state index is 0.166. The van der Waals surface area contributed by atoms with Crippen LogP contribution in [0.4, 0.5) is 5.69 Å². The Balaban J connectivity index is 1.38. The van der Waals surface area contributed by atoms with E-state index in [-0.39, 0.29) is 5.91 Å².